The van der Waals surface area contributed by atoms with Crippen molar-refractivity contribution in [3.63, 3.8) is 0 Å². The van der Waals surface area contributed by atoms with Gasteiger partial charge < -0.3 is 9.84 Å². The van der Waals surface area contributed by atoms with E-state index in [1.807, 2.05) is 0 Å². The first-order valence-corrected chi connectivity index (χ1v) is 13.9. The Morgan fingerprint density at radius 3 is 2.21 bits per heavy atom. The molecule has 4 rings (SSSR count). The molecule has 2 atom stereocenters. The Balaban J connectivity index is 1.43. The van der Waals surface area contributed by atoms with Gasteiger partial charge in [0, 0.05) is 5.56 Å². The predicted molar refractivity (Wildman–Crippen MR) is 143 cm³/mol. The van der Waals surface area contributed by atoms with Gasteiger partial charge in [-0.15, -0.1) is 6.58 Å². The molecule has 38 heavy (non-hydrogen) atoms. The number of ether oxygens (including phenoxy) is 1. The molecule has 2 unspecified atom stereocenters. The van der Waals surface area contributed by atoms with Crippen LogP contribution in [-0.4, -0.2) is 17.8 Å². The Kier molecular flexibility index (Phi) is 9.69. The van der Waals surface area contributed by atoms with Gasteiger partial charge in [0.15, 0.2) is 23.2 Å². The van der Waals surface area contributed by atoms with Gasteiger partial charge in [-0.1, -0.05) is 37.6 Å². The summed E-state index contributed by atoms with van der Waals surface area (Å²) in [5, 5.41) is 10.3. The highest BCUT2D eigenvalue weighted by molar-refractivity contribution is 5.68. The van der Waals surface area contributed by atoms with Crippen LogP contribution in [-0.2, 0) is 0 Å². The molecule has 206 valence electrons. The summed E-state index contributed by atoms with van der Waals surface area (Å²) in [6.07, 6.45) is 9.88. The fraction of sp³-hybridized carbons (Fsp3) is 0.500. The fourth-order valence-corrected chi connectivity index (χ4v) is 6.06. The molecule has 0 aromatic heterocycles. The van der Waals surface area contributed by atoms with E-state index < -0.39 is 23.3 Å². The van der Waals surface area contributed by atoms with Crippen LogP contribution in [0.1, 0.15) is 99.7 Å². The maximum atomic E-state index is 15.3. The maximum Gasteiger partial charge on any atom is 0.201 e. The van der Waals surface area contributed by atoms with Gasteiger partial charge in [-0.05, 0) is 104 Å². The first-order valence-electron chi connectivity index (χ1n) is 13.9. The summed E-state index contributed by atoms with van der Waals surface area (Å²) < 4.78 is 65.0. The molecule has 2 nitrogen and oxygen atoms in total. The normalized spacial score (nSPS) is 22.6. The van der Waals surface area contributed by atoms with Crippen molar-refractivity contribution in [3.05, 3.63) is 83.0 Å². The average Bonchev–Trinajstić information content (AvgIpc) is 2.93. The second kappa shape index (κ2) is 13.0. The van der Waals surface area contributed by atoms with Crippen molar-refractivity contribution in [1.29, 1.82) is 0 Å². The van der Waals surface area contributed by atoms with Crippen LogP contribution in [0, 0.1) is 29.2 Å². The molecule has 0 radical (unpaired) electrons. The fourth-order valence-electron chi connectivity index (χ4n) is 6.06. The summed E-state index contributed by atoms with van der Waals surface area (Å²) in [5.74, 6) is -3.70. The Morgan fingerprint density at radius 1 is 0.921 bits per heavy atom. The Labute approximate surface area is 223 Å². The van der Waals surface area contributed by atoms with Crippen molar-refractivity contribution < 1.29 is 27.4 Å². The number of benzene rings is 2. The van der Waals surface area contributed by atoms with Crippen LogP contribution < -0.4 is 4.74 Å². The standard InChI is InChI=1S/C32H38F4O2/c1-3-5-19-38-28-18-17-26(31(35)32(28)36)21-9-7-20(8-10-21)24-15-16-25(30(34)29(24)33)22-11-13-23(14-12-22)27(37)6-4-2/h3,9,15-18,20,22-23,27,37H,1,4-8,10-14,19H2,2H3. The van der Waals surface area contributed by atoms with E-state index in [1.54, 1.807) is 24.3 Å². The number of halogens is 4. The van der Waals surface area contributed by atoms with Gasteiger partial charge in [0.1, 0.15) is 0 Å². The van der Waals surface area contributed by atoms with Crippen LogP contribution in [0.25, 0.3) is 5.57 Å². The molecular formula is C32H38F4O2. The summed E-state index contributed by atoms with van der Waals surface area (Å²) in [5.41, 5.74) is 1.61. The molecule has 2 aromatic carbocycles. The van der Waals surface area contributed by atoms with Crippen LogP contribution in [0.3, 0.4) is 0 Å². The van der Waals surface area contributed by atoms with Crippen molar-refractivity contribution in [2.45, 2.75) is 89.1 Å². The maximum absolute atomic E-state index is 15.3. The number of aliphatic hydroxyl groups is 1. The van der Waals surface area contributed by atoms with E-state index in [-0.39, 0.29) is 41.8 Å². The first-order chi connectivity index (χ1) is 18.3. The molecule has 2 aliphatic rings. The predicted octanol–water partition coefficient (Wildman–Crippen LogP) is 8.98. The molecule has 0 amide bonds. The van der Waals surface area contributed by atoms with Gasteiger partial charge in [0.05, 0.1) is 12.7 Å². The summed E-state index contributed by atoms with van der Waals surface area (Å²) >= 11 is 0. The topological polar surface area (TPSA) is 29.5 Å². The zero-order valence-electron chi connectivity index (χ0n) is 22.1. The Hall–Kier alpha value is -2.60. The van der Waals surface area contributed by atoms with E-state index >= 15 is 8.78 Å². The summed E-state index contributed by atoms with van der Waals surface area (Å²) in [7, 11) is 0. The van der Waals surface area contributed by atoms with Gasteiger partial charge in [-0.3, -0.25) is 0 Å². The smallest absolute Gasteiger partial charge is 0.201 e. The van der Waals surface area contributed by atoms with Gasteiger partial charge in [-0.25, -0.2) is 13.2 Å². The van der Waals surface area contributed by atoms with E-state index in [0.29, 0.717) is 42.4 Å². The number of aliphatic hydroxyl groups excluding tert-OH is 1. The number of allylic oxidation sites excluding steroid dienone is 2. The summed E-state index contributed by atoms with van der Waals surface area (Å²) in [6, 6.07) is 6.36. The van der Waals surface area contributed by atoms with E-state index in [9.17, 15) is 13.9 Å². The molecule has 6 heteroatoms. The molecule has 1 fully saturated rings. The van der Waals surface area contributed by atoms with Crippen molar-refractivity contribution in [3.8, 4) is 5.75 Å². The average molecular weight is 531 g/mol. The van der Waals surface area contributed by atoms with E-state index in [0.717, 1.165) is 38.5 Å². The lowest BCUT2D eigenvalue weighted by Crippen LogP contribution is -2.25. The molecule has 1 saturated carbocycles. The van der Waals surface area contributed by atoms with Crippen molar-refractivity contribution >= 4 is 5.57 Å². The van der Waals surface area contributed by atoms with Crippen LogP contribution in [0.2, 0.25) is 0 Å². The number of hydrogen-bond acceptors (Lipinski definition) is 2. The second-order valence-corrected chi connectivity index (χ2v) is 10.7. The molecule has 0 heterocycles. The third-order valence-electron chi connectivity index (χ3n) is 8.31. The minimum absolute atomic E-state index is 0.0388. The molecule has 2 aliphatic carbocycles. The van der Waals surface area contributed by atoms with Crippen LogP contribution in [0.4, 0.5) is 17.6 Å². The number of rotatable bonds is 10. The van der Waals surface area contributed by atoms with Crippen molar-refractivity contribution in [2.24, 2.45) is 5.92 Å². The monoisotopic (exact) mass is 530 g/mol. The molecule has 1 N–H and O–H groups in total. The lowest BCUT2D eigenvalue weighted by Gasteiger charge is -2.32. The van der Waals surface area contributed by atoms with Gasteiger partial charge in [0.2, 0.25) is 5.82 Å². The highest BCUT2D eigenvalue weighted by Gasteiger charge is 2.31. The Bertz CT molecular complexity index is 1150. The highest BCUT2D eigenvalue weighted by Crippen LogP contribution is 2.42. The second-order valence-electron chi connectivity index (χ2n) is 10.7. The zero-order valence-corrected chi connectivity index (χ0v) is 22.1. The molecule has 0 saturated heterocycles. The quantitative estimate of drug-likeness (QED) is 0.189. The molecule has 2 aromatic rings. The van der Waals surface area contributed by atoms with Gasteiger partial charge in [-0.2, -0.15) is 4.39 Å². The number of hydrogen-bond donors (Lipinski definition) is 1. The van der Waals surface area contributed by atoms with Crippen LogP contribution in [0.5, 0.6) is 5.75 Å². The van der Waals surface area contributed by atoms with Crippen LogP contribution >= 0.6 is 0 Å². The van der Waals surface area contributed by atoms with E-state index in [1.165, 1.54) is 12.1 Å². The molecule has 0 aliphatic heterocycles. The lowest BCUT2D eigenvalue weighted by atomic mass is 9.75. The van der Waals surface area contributed by atoms with Gasteiger partial charge >= 0.3 is 0 Å². The summed E-state index contributed by atoms with van der Waals surface area (Å²) in [4.78, 5) is 0. The SMILES string of the molecule is C=CCCOc1ccc(C2=CCC(c3ccc(C4CCC(C(O)CCC)CC4)c(F)c3F)CC2)c(F)c1F. The Morgan fingerprint density at radius 2 is 1.61 bits per heavy atom. The van der Waals surface area contributed by atoms with E-state index in [4.69, 9.17) is 4.74 Å². The molecule has 0 bridgehead atoms. The first kappa shape index (κ1) is 28.4. The molecule has 0 spiro atoms. The highest BCUT2D eigenvalue weighted by atomic mass is 19.2. The van der Waals surface area contributed by atoms with E-state index in [2.05, 4.69) is 13.5 Å². The zero-order chi connectivity index (χ0) is 27.2. The third-order valence-corrected chi connectivity index (χ3v) is 8.31. The minimum atomic E-state index is -1.02. The minimum Gasteiger partial charge on any atom is -0.490 e. The van der Waals surface area contributed by atoms with Crippen molar-refractivity contribution in [1.82, 2.24) is 0 Å². The van der Waals surface area contributed by atoms with Crippen LogP contribution in [0.15, 0.2) is 43.0 Å². The summed E-state index contributed by atoms with van der Waals surface area (Å²) in [6.45, 7) is 5.84. The van der Waals surface area contributed by atoms with Crippen molar-refractivity contribution in [2.75, 3.05) is 6.61 Å². The largest absolute Gasteiger partial charge is 0.490 e. The lowest BCUT2D eigenvalue weighted by molar-refractivity contribution is 0.0727. The third kappa shape index (κ3) is 6.17. The molecular weight excluding hydrogens is 492 g/mol. The van der Waals surface area contributed by atoms with Gasteiger partial charge in [0.25, 0.3) is 0 Å².